The predicted octanol–water partition coefficient (Wildman–Crippen LogP) is 7.83. The van der Waals surface area contributed by atoms with E-state index < -0.39 is 18.1 Å². The maximum absolute atomic E-state index is 13.2. The first-order valence-electron chi connectivity index (χ1n) is 12.5. The van der Waals surface area contributed by atoms with Gasteiger partial charge in [-0.3, -0.25) is 14.7 Å². The third-order valence-electron chi connectivity index (χ3n) is 6.56. The van der Waals surface area contributed by atoms with Crippen LogP contribution in [0.3, 0.4) is 0 Å². The fourth-order valence-electron chi connectivity index (χ4n) is 4.36. The molecule has 0 spiro atoms. The molecule has 2 heterocycles. The monoisotopic (exact) mass is 612 g/mol. The summed E-state index contributed by atoms with van der Waals surface area (Å²) in [6, 6.07) is 21.7. The van der Waals surface area contributed by atoms with Crippen molar-refractivity contribution >= 4 is 63.2 Å². The molecule has 212 valence electrons. The average molecular weight is 614 g/mol. The average Bonchev–Trinajstić information content (AvgIpc) is 2.93. The van der Waals surface area contributed by atoms with Crippen molar-refractivity contribution in [2.24, 2.45) is 0 Å². The summed E-state index contributed by atoms with van der Waals surface area (Å²) in [6.45, 7) is 5.52. The Bertz CT molecular complexity index is 1600. The number of allylic oxidation sites excluding steroid dienone is 1. The number of halogens is 3. The molecule has 1 amide bonds. The van der Waals surface area contributed by atoms with Crippen molar-refractivity contribution in [1.82, 2.24) is 9.88 Å². The summed E-state index contributed by atoms with van der Waals surface area (Å²) in [5.74, 6) is -0.0511. The Hall–Kier alpha value is -3.78. The minimum absolute atomic E-state index is 0.0731. The molecule has 4 aromatic rings. The van der Waals surface area contributed by atoms with Gasteiger partial charge in [0.2, 0.25) is 0 Å². The molecule has 1 N–H and O–H groups in total. The van der Waals surface area contributed by atoms with Gasteiger partial charge in [-0.15, -0.1) is 0 Å². The van der Waals surface area contributed by atoms with Crippen LogP contribution in [0.25, 0.3) is 16.5 Å². The standard InChI is InChI=1S/C20H19Cl2NO2.C11H8ClNO3/c1-13-18(14-7-5-4-6-8-14)19(24)23(12-25-13)20(2,3)15-9-16(21)11-17(22)10-15;12-8-3-4-9(16-6-10(14)15)11-7(8)2-1-5-13-11/h4-11H,12H2,1-3H3;1-5H,6H2,(H,14,15). The fraction of sp³-hybridized carbons (Fsp3) is 0.194. The van der Waals surface area contributed by atoms with Crippen LogP contribution in [0.2, 0.25) is 15.1 Å². The number of pyridine rings is 1. The molecule has 5 rings (SSSR count). The summed E-state index contributed by atoms with van der Waals surface area (Å²) in [7, 11) is 0. The molecule has 1 aliphatic heterocycles. The number of fused-ring (bicyclic) bond motifs is 1. The number of amides is 1. The van der Waals surface area contributed by atoms with Gasteiger partial charge in [0.15, 0.2) is 13.3 Å². The lowest BCUT2D eigenvalue weighted by Gasteiger charge is -2.42. The van der Waals surface area contributed by atoms with E-state index in [1.165, 1.54) is 0 Å². The number of aromatic nitrogens is 1. The van der Waals surface area contributed by atoms with Crippen molar-refractivity contribution in [3.8, 4) is 5.75 Å². The number of hydrogen-bond donors (Lipinski definition) is 1. The molecule has 0 atom stereocenters. The van der Waals surface area contributed by atoms with Crippen LogP contribution >= 0.6 is 34.8 Å². The van der Waals surface area contributed by atoms with Gasteiger partial charge in [0, 0.05) is 21.6 Å². The highest BCUT2D eigenvalue weighted by atomic mass is 35.5. The van der Waals surface area contributed by atoms with E-state index in [2.05, 4.69) is 4.98 Å². The molecule has 1 aliphatic rings. The van der Waals surface area contributed by atoms with E-state index in [0.29, 0.717) is 37.7 Å². The zero-order valence-electron chi connectivity index (χ0n) is 22.5. The van der Waals surface area contributed by atoms with Gasteiger partial charge in [0.25, 0.3) is 5.91 Å². The van der Waals surface area contributed by atoms with Gasteiger partial charge in [-0.25, -0.2) is 4.79 Å². The Morgan fingerprint density at radius 1 is 1.02 bits per heavy atom. The topological polar surface area (TPSA) is 89.0 Å². The highest BCUT2D eigenvalue weighted by Crippen LogP contribution is 2.37. The number of hydrogen-bond acceptors (Lipinski definition) is 5. The molecule has 1 aromatic heterocycles. The first-order valence-corrected chi connectivity index (χ1v) is 13.7. The molecule has 41 heavy (non-hydrogen) atoms. The van der Waals surface area contributed by atoms with Crippen LogP contribution in [0.4, 0.5) is 0 Å². The van der Waals surface area contributed by atoms with Crippen molar-refractivity contribution in [1.29, 1.82) is 0 Å². The molecule has 7 nitrogen and oxygen atoms in total. The first kappa shape index (κ1) is 30.2. The summed E-state index contributed by atoms with van der Waals surface area (Å²) >= 11 is 18.3. The third kappa shape index (κ3) is 6.93. The summed E-state index contributed by atoms with van der Waals surface area (Å²) < 4.78 is 10.9. The Morgan fingerprint density at radius 2 is 1.71 bits per heavy atom. The number of carbonyl (C=O) groups excluding carboxylic acids is 1. The van der Waals surface area contributed by atoms with Crippen molar-refractivity contribution in [3.63, 3.8) is 0 Å². The van der Waals surface area contributed by atoms with Crippen molar-refractivity contribution in [2.45, 2.75) is 26.3 Å². The largest absolute Gasteiger partial charge is 0.480 e. The van der Waals surface area contributed by atoms with Crippen LogP contribution in [0.1, 0.15) is 31.9 Å². The van der Waals surface area contributed by atoms with Gasteiger partial charge >= 0.3 is 5.97 Å². The summed E-state index contributed by atoms with van der Waals surface area (Å²) in [5.41, 5.74) is 2.21. The van der Waals surface area contributed by atoms with E-state index in [4.69, 9.17) is 49.4 Å². The summed E-state index contributed by atoms with van der Waals surface area (Å²) in [5, 5.41) is 10.9. The number of ether oxygens (including phenoxy) is 2. The molecule has 0 saturated heterocycles. The molecule has 0 aliphatic carbocycles. The number of nitrogens with zero attached hydrogens (tertiary/aromatic N) is 2. The van der Waals surface area contributed by atoms with Crippen LogP contribution in [-0.2, 0) is 19.9 Å². The normalized spacial score (nSPS) is 13.4. The Balaban J connectivity index is 0.000000208. The van der Waals surface area contributed by atoms with Gasteiger partial charge in [-0.1, -0.05) is 65.1 Å². The maximum Gasteiger partial charge on any atom is 0.341 e. The number of carboxylic acid groups (broad SMARTS) is 1. The van der Waals surface area contributed by atoms with E-state index in [1.54, 1.807) is 41.4 Å². The lowest BCUT2D eigenvalue weighted by Crippen LogP contribution is -2.49. The van der Waals surface area contributed by atoms with Gasteiger partial charge in [-0.05, 0) is 74.4 Å². The second-order valence-corrected chi connectivity index (χ2v) is 10.9. The van der Waals surface area contributed by atoms with Crippen molar-refractivity contribution in [3.05, 3.63) is 111 Å². The number of rotatable bonds is 6. The Morgan fingerprint density at radius 3 is 2.37 bits per heavy atom. The number of carboxylic acids is 1. The predicted molar refractivity (Wildman–Crippen MR) is 161 cm³/mol. The van der Waals surface area contributed by atoms with Crippen LogP contribution in [-0.4, -0.2) is 40.2 Å². The van der Waals surface area contributed by atoms with E-state index in [0.717, 1.165) is 16.5 Å². The Labute approximate surface area is 252 Å². The van der Waals surface area contributed by atoms with Gasteiger partial charge < -0.3 is 14.6 Å². The molecule has 10 heteroatoms. The lowest BCUT2D eigenvalue weighted by molar-refractivity contribution is -0.140. The fourth-order valence-corrected chi connectivity index (χ4v) is 5.10. The third-order valence-corrected chi connectivity index (χ3v) is 7.32. The smallest absolute Gasteiger partial charge is 0.341 e. The lowest BCUT2D eigenvalue weighted by atomic mass is 9.90. The van der Waals surface area contributed by atoms with Gasteiger partial charge in [0.1, 0.15) is 17.0 Å². The first-order chi connectivity index (χ1) is 19.5. The zero-order chi connectivity index (χ0) is 29.7. The number of aliphatic carboxylic acids is 1. The second-order valence-electron chi connectivity index (χ2n) is 9.65. The van der Waals surface area contributed by atoms with Crippen molar-refractivity contribution in [2.75, 3.05) is 13.3 Å². The van der Waals surface area contributed by atoms with E-state index in [9.17, 15) is 9.59 Å². The van der Waals surface area contributed by atoms with Gasteiger partial charge in [0.05, 0.1) is 16.1 Å². The quantitative estimate of drug-likeness (QED) is 0.238. The molecular weight excluding hydrogens is 587 g/mol. The van der Waals surface area contributed by atoms with E-state index >= 15 is 0 Å². The maximum atomic E-state index is 13.2. The van der Waals surface area contributed by atoms with E-state index in [-0.39, 0.29) is 12.6 Å². The second kappa shape index (κ2) is 12.8. The van der Waals surface area contributed by atoms with Crippen LogP contribution in [0.15, 0.2) is 84.8 Å². The minimum atomic E-state index is -1.03. The molecule has 0 bridgehead atoms. The minimum Gasteiger partial charge on any atom is -0.480 e. The van der Waals surface area contributed by atoms with Crippen LogP contribution in [0, 0.1) is 0 Å². The summed E-state index contributed by atoms with van der Waals surface area (Å²) in [6.07, 6.45) is 1.60. The van der Waals surface area contributed by atoms with Crippen LogP contribution < -0.4 is 4.74 Å². The van der Waals surface area contributed by atoms with Gasteiger partial charge in [-0.2, -0.15) is 0 Å². The molecule has 0 fully saturated rings. The molecular formula is C31H27Cl3N2O5. The van der Waals surface area contributed by atoms with Crippen LogP contribution in [0.5, 0.6) is 5.75 Å². The number of benzene rings is 3. The molecule has 3 aromatic carbocycles. The zero-order valence-corrected chi connectivity index (χ0v) is 24.8. The molecule has 0 saturated carbocycles. The molecule has 0 radical (unpaired) electrons. The van der Waals surface area contributed by atoms with E-state index in [1.807, 2.05) is 63.2 Å². The number of carbonyl (C=O) groups is 2. The summed E-state index contributed by atoms with van der Waals surface area (Å²) in [4.78, 5) is 29.5. The highest BCUT2D eigenvalue weighted by molar-refractivity contribution is 6.35. The molecule has 0 unspecified atom stereocenters. The Kier molecular flexibility index (Phi) is 9.43. The van der Waals surface area contributed by atoms with Crippen molar-refractivity contribution < 1.29 is 24.2 Å². The SMILES string of the molecule is CC1=C(c2ccccc2)C(=O)N(C(C)(C)c2cc(Cl)cc(Cl)c2)CO1.O=C(O)COc1ccc(Cl)c2cccnc12. The highest BCUT2D eigenvalue weighted by Gasteiger charge is 2.38.